The molecule has 2 heteroatoms. The molecule has 0 spiro atoms. The van der Waals surface area contributed by atoms with Gasteiger partial charge in [0.1, 0.15) is 0 Å². The van der Waals surface area contributed by atoms with Gasteiger partial charge in [-0.1, -0.05) is 25.5 Å². The smallest absolute Gasteiger partial charge is 0.0632 e. The Bertz CT molecular complexity index is 351. The van der Waals surface area contributed by atoms with Gasteiger partial charge in [0, 0.05) is 12.6 Å². The van der Waals surface area contributed by atoms with Crippen molar-refractivity contribution < 1.29 is 0 Å². The third-order valence-corrected chi connectivity index (χ3v) is 3.81. The summed E-state index contributed by atoms with van der Waals surface area (Å²) in [5.41, 5.74) is 9.70. The molecule has 1 aliphatic heterocycles. The Morgan fingerprint density at radius 1 is 1.35 bits per heavy atom. The molecule has 2 N–H and O–H groups in total. The standard InChI is InChI=1S/C15H24N2/c1-3-7-13-9-4-5-11-17(13)15-12(2)8-6-10-14(15)16/h6,8,10,13H,3-5,7,9,11,16H2,1-2H3. The first-order chi connectivity index (χ1) is 8.24. The summed E-state index contributed by atoms with van der Waals surface area (Å²) in [4.78, 5) is 2.55. The van der Waals surface area contributed by atoms with E-state index in [9.17, 15) is 0 Å². The highest BCUT2D eigenvalue weighted by Gasteiger charge is 2.24. The number of piperidine rings is 1. The van der Waals surface area contributed by atoms with Crippen LogP contribution in [0, 0.1) is 6.92 Å². The van der Waals surface area contributed by atoms with Crippen LogP contribution in [-0.2, 0) is 0 Å². The lowest BCUT2D eigenvalue weighted by Gasteiger charge is -2.39. The van der Waals surface area contributed by atoms with Crippen molar-refractivity contribution in [3.8, 4) is 0 Å². The summed E-state index contributed by atoms with van der Waals surface area (Å²) in [6.45, 7) is 5.61. The second-order valence-corrected chi connectivity index (χ2v) is 5.14. The maximum Gasteiger partial charge on any atom is 0.0632 e. The van der Waals surface area contributed by atoms with Crippen LogP contribution in [0.5, 0.6) is 0 Å². The largest absolute Gasteiger partial charge is 0.397 e. The highest BCUT2D eigenvalue weighted by molar-refractivity contribution is 5.71. The third kappa shape index (κ3) is 2.56. The Balaban J connectivity index is 2.29. The van der Waals surface area contributed by atoms with Crippen LogP contribution >= 0.6 is 0 Å². The van der Waals surface area contributed by atoms with Gasteiger partial charge in [-0.2, -0.15) is 0 Å². The number of nitrogens with zero attached hydrogens (tertiary/aromatic N) is 1. The van der Waals surface area contributed by atoms with Crippen LogP contribution in [0.3, 0.4) is 0 Å². The molecule has 0 aromatic heterocycles. The lowest BCUT2D eigenvalue weighted by Crippen LogP contribution is -2.40. The summed E-state index contributed by atoms with van der Waals surface area (Å²) >= 11 is 0. The first-order valence-electron chi connectivity index (χ1n) is 6.85. The lowest BCUT2D eigenvalue weighted by molar-refractivity contribution is 0.434. The Morgan fingerprint density at radius 3 is 2.88 bits per heavy atom. The predicted molar refractivity (Wildman–Crippen MR) is 75.5 cm³/mol. The number of anilines is 2. The molecule has 1 fully saturated rings. The van der Waals surface area contributed by atoms with Crippen molar-refractivity contribution in [2.24, 2.45) is 0 Å². The highest BCUT2D eigenvalue weighted by Crippen LogP contribution is 2.33. The van der Waals surface area contributed by atoms with Crippen LogP contribution in [0.25, 0.3) is 0 Å². The fraction of sp³-hybridized carbons (Fsp3) is 0.600. The molecule has 1 aromatic rings. The van der Waals surface area contributed by atoms with Gasteiger partial charge in [-0.15, -0.1) is 0 Å². The molecule has 2 rings (SSSR count). The topological polar surface area (TPSA) is 29.3 Å². The SMILES string of the molecule is CCCC1CCCCN1c1c(C)cccc1N. The van der Waals surface area contributed by atoms with E-state index in [2.05, 4.69) is 24.8 Å². The number of para-hydroxylation sites is 1. The summed E-state index contributed by atoms with van der Waals surface area (Å²) < 4.78 is 0. The van der Waals surface area contributed by atoms with Gasteiger partial charge >= 0.3 is 0 Å². The average molecular weight is 232 g/mol. The molecular weight excluding hydrogens is 208 g/mol. The van der Waals surface area contributed by atoms with E-state index < -0.39 is 0 Å². The van der Waals surface area contributed by atoms with E-state index in [0.717, 1.165) is 5.69 Å². The Hall–Kier alpha value is -1.18. The molecule has 1 aliphatic rings. The number of nitrogens with two attached hydrogens (primary N) is 1. The third-order valence-electron chi connectivity index (χ3n) is 3.81. The second-order valence-electron chi connectivity index (χ2n) is 5.14. The van der Waals surface area contributed by atoms with Crippen molar-refractivity contribution in [3.05, 3.63) is 23.8 Å². The van der Waals surface area contributed by atoms with E-state index in [0.29, 0.717) is 6.04 Å². The Labute approximate surface area is 105 Å². The van der Waals surface area contributed by atoms with E-state index >= 15 is 0 Å². The van der Waals surface area contributed by atoms with Gasteiger partial charge in [0.2, 0.25) is 0 Å². The summed E-state index contributed by atoms with van der Waals surface area (Å²) in [7, 11) is 0. The quantitative estimate of drug-likeness (QED) is 0.804. The number of rotatable bonds is 3. The van der Waals surface area contributed by atoms with Crippen molar-refractivity contribution in [1.82, 2.24) is 0 Å². The summed E-state index contributed by atoms with van der Waals surface area (Å²) in [6.07, 6.45) is 6.53. The zero-order valence-electron chi connectivity index (χ0n) is 11.1. The minimum absolute atomic E-state index is 0.692. The predicted octanol–water partition coefficient (Wildman–Crippen LogP) is 3.74. The number of hydrogen-bond donors (Lipinski definition) is 1. The van der Waals surface area contributed by atoms with E-state index in [1.807, 2.05) is 12.1 Å². The lowest BCUT2D eigenvalue weighted by atomic mass is 9.96. The van der Waals surface area contributed by atoms with Gasteiger partial charge in [-0.05, 0) is 44.2 Å². The molecule has 0 aliphatic carbocycles. The van der Waals surface area contributed by atoms with E-state index in [4.69, 9.17) is 5.73 Å². The zero-order chi connectivity index (χ0) is 12.3. The van der Waals surface area contributed by atoms with Gasteiger partial charge in [0.15, 0.2) is 0 Å². The van der Waals surface area contributed by atoms with E-state index in [1.54, 1.807) is 0 Å². The highest BCUT2D eigenvalue weighted by atomic mass is 15.2. The van der Waals surface area contributed by atoms with Crippen LogP contribution in [0.2, 0.25) is 0 Å². The van der Waals surface area contributed by atoms with Crippen molar-refractivity contribution in [2.45, 2.75) is 52.0 Å². The first-order valence-corrected chi connectivity index (χ1v) is 6.85. The van der Waals surface area contributed by atoms with Gasteiger partial charge in [-0.3, -0.25) is 0 Å². The molecule has 94 valence electrons. The Kier molecular flexibility index (Phi) is 3.93. The van der Waals surface area contributed by atoms with Gasteiger partial charge in [0.25, 0.3) is 0 Å². The molecule has 1 saturated heterocycles. The molecule has 17 heavy (non-hydrogen) atoms. The fourth-order valence-corrected chi connectivity index (χ4v) is 3.00. The van der Waals surface area contributed by atoms with Crippen molar-refractivity contribution in [3.63, 3.8) is 0 Å². The summed E-state index contributed by atoms with van der Waals surface area (Å²) in [5, 5.41) is 0. The second kappa shape index (κ2) is 5.44. The molecule has 0 amide bonds. The van der Waals surface area contributed by atoms with Crippen LogP contribution in [0.15, 0.2) is 18.2 Å². The maximum absolute atomic E-state index is 6.17. The van der Waals surface area contributed by atoms with Crippen LogP contribution < -0.4 is 10.6 Å². The molecule has 1 aromatic carbocycles. The monoisotopic (exact) mass is 232 g/mol. The molecule has 1 atom stereocenters. The molecule has 0 bridgehead atoms. The number of benzene rings is 1. The maximum atomic E-state index is 6.17. The van der Waals surface area contributed by atoms with Crippen LogP contribution in [0.1, 0.15) is 44.6 Å². The molecular formula is C15H24N2. The van der Waals surface area contributed by atoms with Gasteiger partial charge in [-0.25, -0.2) is 0 Å². The average Bonchev–Trinajstić information content (AvgIpc) is 2.31. The van der Waals surface area contributed by atoms with Crippen molar-refractivity contribution in [1.29, 1.82) is 0 Å². The van der Waals surface area contributed by atoms with E-state index in [1.165, 1.54) is 49.9 Å². The number of hydrogen-bond acceptors (Lipinski definition) is 2. The number of nitrogen functional groups attached to an aromatic ring is 1. The van der Waals surface area contributed by atoms with Crippen LogP contribution in [0.4, 0.5) is 11.4 Å². The molecule has 2 nitrogen and oxygen atoms in total. The van der Waals surface area contributed by atoms with E-state index in [-0.39, 0.29) is 0 Å². The number of aryl methyl sites for hydroxylation is 1. The summed E-state index contributed by atoms with van der Waals surface area (Å²) in [5.74, 6) is 0. The Morgan fingerprint density at radius 2 is 2.18 bits per heavy atom. The fourth-order valence-electron chi connectivity index (χ4n) is 3.00. The van der Waals surface area contributed by atoms with Gasteiger partial charge in [0.05, 0.1) is 11.4 Å². The molecule has 1 heterocycles. The minimum atomic E-state index is 0.692. The molecule has 1 unspecified atom stereocenters. The van der Waals surface area contributed by atoms with Gasteiger partial charge < -0.3 is 10.6 Å². The van der Waals surface area contributed by atoms with Crippen molar-refractivity contribution >= 4 is 11.4 Å². The first kappa shape index (κ1) is 12.3. The normalized spacial score (nSPS) is 20.6. The molecule has 0 radical (unpaired) electrons. The zero-order valence-corrected chi connectivity index (χ0v) is 11.1. The molecule has 0 saturated carbocycles. The van der Waals surface area contributed by atoms with Crippen LogP contribution in [-0.4, -0.2) is 12.6 Å². The minimum Gasteiger partial charge on any atom is -0.397 e. The summed E-state index contributed by atoms with van der Waals surface area (Å²) in [6, 6.07) is 6.94. The van der Waals surface area contributed by atoms with Crippen molar-refractivity contribution in [2.75, 3.05) is 17.2 Å².